The zero-order chi connectivity index (χ0) is 14.3. The number of nitrogens with zero attached hydrogens (tertiary/aromatic N) is 2. The molecule has 0 saturated carbocycles. The molecular formula is C14H11BrN2O2S. The van der Waals surface area contributed by atoms with Crippen LogP contribution in [-0.2, 0) is 6.54 Å². The first kappa shape index (κ1) is 13.3. The van der Waals surface area contributed by atoms with Gasteiger partial charge in [-0.3, -0.25) is 0 Å². The Balaban J connectivity index is 2.10. The number of thiophene rings is 1. The molecule has 0 radical (unpaired) electrons. The van der Waals surface area contributed by atoms with E-state index in [1.54, 1.807) is 29.5 Å². The molecule has 0 amide bonds. The van der Waals surface area contributed by atoms with Gasteiger partial charge < -0.3 is 9.67 Å². The van der Waals surface area contributed by atoms with Gasteiger partial charge in [0.2, 0.25) is 0 Å². The van der Waals surface area contributed by atoms with Crippen molar-refractivity contribution >= 4 is 44.3 Å². The molecule has 0 atom stereocenters. The molecule has 0 fully saturated rings. The smallest absolute Gasteiger partial charge is 0.335 e. The van der Waals surface area contributed by atoms with E-state index in [0.717, 1.165) is 21.3 Å². The van der Waals surface area contributed by atoms with Crippen LogP contribution in [0, 0.1) is 6.92 Å². The zero-order valence-electron chi connectivity index (χ0n) is 10.6. The third-order valence-corrected chi connectivity index (χ3v) is 4.80. The first-order valence-electron chi connectivity index (χ1n) is 5.97. The van der Waals surface area contributed by atoms with Crippen molar-refractivity contribution in [1.82, 2.24) is 9.55 Å². The minimum atomic E-state index is -0.920. The van der Waals surface area contributed by atoms with E-state index in [4.69, 9.17) is 5.11 Å². The van der Waals surface area contributed by atoms with Crippen molar-refractivity contribution in [2.45, 2.75) is 13.5 Å². The van der Waals surface area contributed by atoms with Crippen molar-refractivity contribution in [3.63, 3.8) is 0 Å². The Labute approximate surface area is 127 Å². The van der Waals surface area contributed by atoms with Crippen LogP contribution in [0.1, 0.15) is 21.1 Å². The van der Waals surface area contributed by atoms with Crippen LogP contribution < -0.4 is 0 Å². The van der Waals surface area contributed by atoms with E-state index in [9.17, 15) is 4.79 Å². The lowest BCUT2D eigenvalue weighted by atomic mass is 10.2. The number of aromatic nitrogens is 2. The Morgan fingerprint density at radius 2 is 2.25 bits per heavy atom. The third kappa shape index (κ3) is 2.36. The Bertz CT molecular complexity index is 807. The van der Waals surface area contributed by atoms with Gasteiger partial charge >= 0.3 is 5.97 Å². The molecule has 6 heteroatoms. The molecule has 3 rings (SSSR count). The normalized spacial score (nSPS) is 11.1. The van der Waals surface area contributed by atoms with E-state index < -0.39 is 5.97 Å². The van der Waals surface area contributed by atoms with Crippen LogP contribution in [0.15, 0.2) is 34.1 Å². The molecule has 0 aliphatic rings. The van der Waals surface area contributed by atoms with E-state index in [0.29, 0.717) is 6.54 Å². The number of rotatable bonds is 3. The summed E-state index contributed by atoms with van der Waals surface area (Å²) in [6.07, 6.45) is 0. The van der Waals surface area contributed by atoms with Crippen molar-refractivity contribution in [3.8, 4) is 0 Å². The topological polar surface area (TPSA) is 55.1 Å². The quantitative estimate of drug-likeness (QED) is 0.778. The molecule has 2 aromatic heterocycles. The molecule has 3 aromatic rings. The summed E-state index contributed by atoms with van der Waals surface area (Å²) in [5.74, 6) is -0.0387. The number of aryl methyl sites for hydroxylation is 1. The van der Waals surface area contributed by atoms with Gasteiger partial charge in [0.05, 0.1) is 23.1 Å². The predicted octanol–water partition coefficient (Wildman–Crippen LogP) is 3.92. The monoisotopic (exact) mass is 350 g/mol. The van der Waals surface area contributed by atoms with Gasteiger partial charge in [0.15, 0.2) is 0 Å². The summed E-state index contributed by atoms with van der Waals surface area (Å²) < 4.78 is 3.10. The molecule has 0 spiro atoms. The average Bonchev–Trinajstić information content (AvgIpc) is 2.94. The Morgan fingerprint density at radius 1 is 1.45 bits per heavy atom. The minimum absolute atomic E-state index is 0.283. The lowest BCUT2D eigenvalue weighted by Crippen LogP contribution is -2.01. The van der Waals surface area contributed by atoms with Crippen LogP contribution in [-0.4, -0.2) is 20.6 Å². The average molecular weight is 351 g/mol. The van der Waals surface area contributed by atoms with E-state index in [-0.39, 0.29) is 5.56 Å². The number of carboxylic acid groups (broad SMARTS) is 1. The molecule has 0 unspecified atom stereocenters. The summed E-state index contributed by atoms with van der Waals surface area (Å²) in [6, 6.07) is 7.09. The second kappa shape index (κ2) is 5.03. The van der Waals surface area contributed by atoms with Crippen LogP contribution >= 0.6 is 27.3 Å². The Kier molecular flexibility index (Phi) is 3.35. The molecule has 1 N–H and O–H groups in total. The maximum atomic E-state index is 11.1. The van der Waals surface area contributed by atoms with Gasteiger partial charge in [-0.25, -0.2) is 9.78 Å². The van der Waals surface area contributed by atoms with E-state index in [1.165, 1.54) is 4.88 Å². The van der Waals surface area contributed by atoms with Crippen molar-refractivity contribution in [3.05, 3.63) is 50.4 Å². The van der Waals surface area contributed by atoms with Gasteiger partial charge in [-0.05, 0) is 47.1 Å². The largest absolute Gasteiger partial charge is 0.478 e. The lowest BCUT2D eigenvalue weighted by Gasteiger charge is -2.05. The second-order valence-corrected chi connectivity index (χ2v) is 6.40. The lowest BCUT2D eigenvalue weighted by molar-refractivity contribution is 0.0697. The molecular weight excluding hydrogens is 340 g/mol. The fourth-order valence-electron chi connectivity index (χ4n) is 2.17. The first-order valence-corrected chi connectivity index (χ1v) is 7.65. The van der Waals surface area contributed by atoms with Crippen molar-refractivity contribution in [1.29, 1.82) is 0 Å². The molecule has 0 aliphatic carbocycles. The predicted molar refractivity (Wildman–Crippen MR) is 82.6 cm³/mol. The standard InChI is InChI=1S/C14H11BrN2O2S/c1-8-16-12-3-2-9(14(18)19)4-13(12)17(8)6-11-5-10(15)7-20-11/h2-5,7H,6H2,1H3,(H,18,19). The molecule has 102 valence electrons. The van der Waals surface area contributed by atoms with Gasteiger partial charge in [-0.2, -0.15) is 0 Å². The highest BCUT2D eigenvalue weighted by atomic mass is 79.9. The molecule has 1 aromatic carbocycles. The Hall–Kier alpha value is -1.66. The number of hydrogen-bond acceptors (Lipinski definition) is 3. The van der Waals surface area contributed by atoms with E-state index in [2.05, 4.69) is 27.0 Å². The zero-order valence-corrected chi connectivity index (χ0v) is 13.0. The number of carboxylic acids is 1. The highest BCUT2D eigenvalue weighted by Crippen LogP contribution is 2.24. The molecule has 0 bridgehead atoms. The molecule has 0 aliphatic heterocycles. The Morgan fingerprint density at radius 3 is 2.90 bits per heavy atom. The summed E-state index contributed by atoms with van der Waals surface area (Å²) in [7, 11) is 0. The van der Waals surface area contributed by atoms with Crippen LogP contribution in [0.4, 0.5) is 0 Å². The molecule has 2 heterocycles. The number of hydrogen-bond donors (Lipinski definition) is 1. The van der Waals surface area contributed by atoms with Gasteiger partial charge in [0.25, 0.3) is 0 Å². The summed E-state index contributed by atoms with van der Waals surface area (Å²) in [4.78, 5) is 16.8. The maximum Gasteiger partial charge on any atom is 0.335 e. The van der Waals surface area contributed by atoms with Crippen molar-refractivity contribution in [2.24, 2.45) is 0 Å². The molecule has 0 saturated heterocycles. The number of aromatic carboxylic acids is 1. The van der Waals surface area contributed by atoms with Crippen molar-refractivity contribution < 1.29 is 9.90 Å². The highest BCUT2D eigenvalue weighted by Gasteiger charge is 2.12. The number of fused-ring (bicyclic) bond motifs is 1. The molecule has 20 heavy (non-hydrogen) atoms. The van der Waals surface area contributed by atoms with Gasteiger partial charge in [-0.1, -0.05) is 0 Å². The molecule has 4 nitrogen and oxygen atoms in total. The highest BCUT2D eigenvalue weighted by molar-refractivity contribution is 9.10. The number of carbonyl (C=O) groups is 1. The number of benzene rings is 1. The summed E-state index contributed by atoms with van der Waals surface area (Å²) in [5, 5.41) is 11.1. The minimum Gasteiger partial charge on any atom is -0.478 e. The fourth-order valence-corrected chi connectivity index (χ4v) is 3.61. The second-order valence-electron chi connectivity index (χ2n) is 4.49. The SMILES string of the molecule is Cc1nc2ccc(C(=O)O)cc2n1Cc1cc(Br)cs1. The van der Waals surface area contributed by atoms with Crippen LogP contribution in [0.2, 0.25) is 0 Å². The number of imidazole rings is 1. The van der Waals surface area contributed by atoms with Crippen LogP contribution in [0.5, 0.6) is 0 Å². The third-order valence-electron chi connectivity index (χ3n) is 3.12. The summed E-state index contributed by atoms with van der Waals surface area (Å²) >= 11 is 5.11. The van der Waals surface area contributed by atoms with Gasteiger partial charge in [0.1, 0.15) is 5.82 Å². The van der Waals surface area contributed by atoms with Crippen LogP contribution in [0.25, 0.3) is 11.0 Å². The maximum absolute atomic E-state index is 11.1. The fraction of sp³-hybridized carbons (Fsp3) is 0.143. The van der Waals surface area contributed by atoms with E-state index >= 15 is 0 Å². The van der Waals surface area contributed by atoms with E-state index in [1.807, 2.05) is 16.9 Å². The van der Waals surface area contributed by atoms with Gasteiger partial charge in [0, 0.05) is 14.7 Å². The number of halogens is 1. The summed E-state index contributed by atoms with van der Waals surface area (Å²) in [6.45, 7) is 2.63. The summed E-state index contributed by atoms with van der Waals surface area (Å²) in [5.41, 5.74) is 1.96. The van der Waals surface area contributed by atoms with Gasteiger partial charge in [-0.15, -0.1) is 11.3 Å². The van der Waals surface area contributed by atoms with Crippen molar-refractivity contribution in [2.75, 3.05) is 0 Å². The first-order chi connectivity index (χ1) is 9.54. The van der Waals surface area contributed by atoms with Crippen LogP contribution in [0.3, 0.4) is 0 Å².